The fraction of sp³-hybridized carbons (Fsp3) is 0.364. The number of carbonyl (C=O) groups is 1. The summed E-state index contributed by atoms with van der Waals surface area (Å²) in [4.78, 5) is 16.1. The monoisotopic (exact) mass is 395 g/mol. The first-order valence-electron chi connectivity index (χ1n) is 9.61. The van der Waals surface area contributed by atoms with Gasteiger partial charge in [-0.2, -0.15) is 0 Å². The molecule has 3 aromatic rings. The highest BCUT2D eigenvalue weighted by molar-refractivity contribution is 5.88. The summed E-state index contributed by atoms with van der Waals surface area (Å²) in [5.41, 5.74) is 3.73. The molecule has 1 fully saturated rings. The van der Waals surface area contributed by atoms with Gasteiger partial charge < -0.3 is 24.1 Å². The Morgan fingerprint density at radius 2 is 1.86 bits per heavy atom. The van der Waals surface area contributed by atoms with E-state index in [4.69, 9.17) is 14.2 Å². The zero-order valence-corrected chi connectivity index (χ0v) is 17.1. The summed E-state index contributed by atoms with van der Waals surface area (Å²) < 4.78 is 19.1. The van der Waals surface area contributed by atoms with E-state index < -0.39 is 0 Å². The number of methoxy groups -OCH3 is 2. The van der Waals surface area contributed by atoms with Gasteiger partial charge in [-0.05, 0) is 42.3 Å². The number of nitrogens with one attached hydrogen (secondary N) is 1. The van der Waals surface area contributed by atoms with Crippen LogP contribution in [0.25, 0.3) is 22.2 Å². The highest BCUT2D eigenvalue weighted by Crippen LogP contribution is 2.37. The molecule has 1 amide bonds. The average Bonchev–Trinajstić information content (AvgIpc) is 3.33. The lowest BCUT2D eigenvalue weighted by Crippen LogP contribution is -2.25. The predicted molar refractivity (Wildman–Crippen MR) is 110 cm³/mol. The van der Waals surface area contributed by atoms with E-state index in [2.05, 4.69) is 10.3 Å². The Kier molecular flexibility index (Phi) is 5.05. The van der Waals surface area contributed by atoms with Gasteiger partial charge in [0.2, 0.25) is 5.91 Å². The van der Waals surface area contributed by atoms with Gasteiger partial charge in [-0.25, -0.2) is 4.98 Å². The molecule has 0 spiro atoms. The van der Waals surface area contributed by atoms with Crippen molar-refractivity contribution in [3.05, 3.63) is 36.7 Å². The molecule has 0 bridgehead atoms. The van der Waals surface area contributed by atoms with Gasteiger partial charge in [-0.15, -0.1) is 0 Å². The second-order valence-corrected chi connectivity index (χ2v) is 7.36. The van der Waals surface area contributed by atoms with E-state index in [1.54, 1.807) is 20.5 Å². The second kappa shape index (κ2) is 7.66. The fourth-order valence-electron chi connectivity index (χ4n) is 3.78. The van der Waals surface area contributed by atoms with Crippen molar-refractivity contribution < 1.29 is 19.0 Å². The van der Waals surface area contributed by atoms with Gasteiger partial charge >= 0.3 is 0 Å². The summed E-state index contributed by atoms with van der Waals surface area (Å²) >= 11 is 0. The van der Waals surface area contributed by atoms with Crippen molar-refractivity contribution in [3.63, 3.8) is 0 Å². The Labute approximate surface area is 169 Å². The third kappa shape index (κ3) is 3.60. The van der Waals surface area contributed by atoms with Crippen molar-refractivity contribution in [2.75, 3.05) is 20.8 Å². The minimum Gasteiger partial charge on any atom is -0.493 e. The molecule has 1 aliphatic heterocycles. The van der Waals surface area contributed by atoms with E-state index >= 15 is 0 Å². The lowest BCUT2D eigenvalue weighted by Gasteiger charge is -2.21. The van der Waals surface area contributed by atoms with Crippen LogP contribution < -0.4 is 19.5 Å². The van der Waals surface area contributed by atoms with Crippen LogP contribution in [0.1, 0.15) is 13.3 Å². The third-order valence-corrected chi connectivity index (χ3v) is 5.48. The SMILES string of the molecule is COc1ccc(-c2cc(OC(C)[C@H]3CNC(=O)C3)c3c(c2)ncn3C)cc1OC. The summed E-state index contributed by atoms with van der Waals surface area (Å²) in [5, 5.41) is 2.88. The maximum absolute atomic E-state index is 11.6. The molecule has 7 nitrogen and oxygen atoms in total. The summed E-state index contributed by atoms with van der Waals surface area (Å²) in [7, 11) is 5.19. The Balaban J connectivity index is 1.74. The number of aryl methyl sites for hydroxylation is 1. The van der Waals surface area contributed by atoms with Gasteiger partial charge in [-0.3, -0.25) is 4.79 Å². The molecule has 1 aliphatic rings. The van der Waals surface area contributed by atoms with Crippen LogP contribution in [-0.4, -0.2) is 42.3 Å². The van der Waals surface area contributed by atoms with Gasteiger partial charge in [0, 0.05) is 25.9 Å². The number of amides is 1. The van der Waals surface area contributed by atoms with E-state index in [1.165, 1.54) is 0 Å². The van der Waals surface area contributed by atoms with Crippen molar-refractivity contribution in [1.29, 1.82) is 0 Å². The maximum Gasteiger partial charge on any atom is 0.220 e. The number of ether oxygens (including phenoxy) is 3. The second-order valence-electron chi connectivity index (χ2n) is 7.36. The summed E-state index contributed by atoms with van der Waals surface area (Å²) in [6.45, 7) is 2.65. The molecule has 29 heavy (non-hydrogen) atoms. The minimum absolute atomic E-state index is 0.0789. The van der Waals surface area contributed by atoms with Crippen LogP contribution in [0, 0.1) is 5.92 Å². The van der Waals surface area contributed by atoms with Crippen LogP contribution in [-0.2, 0) is 11.8 Å². The minimum atomic E-state index is -0.104. The first kappa shape index (κ1) is 19.1. The zero-order chi connectivity index (χ0) is 20.5. The van der Waals surface area contributed by atoms with Crippen molar-refractivity contribution in [3.8, 4) is 28.4 Å². The van der Waals surface area contributed by atoms with Crippen molar-refractivity contribution in [2.24, 2.45) is 13.0 Å². The number of carbonyl (C=O) groups excluding carboxylic acids is 1. The largest absolute Gasteiger partial charge is 0.493 e. The standard InChI is InChI=1S/C22H25N3O4/c1-13(16-10-21(26)23-11-16)29-20-9-15(7-17-22(20)25(2)12-24-17)14-5-6-18(27-3)19(8-14)28-4/h5-9,12-13,16H,10-11H2,1-4H3,(H,23,26)/t13?,16-/m1/s1. The van der Waals surface area contributed by atoms with E-state index in [-0.39, 0.29) is 17.9 Å². The molecule has 0 aliphatic carbocycles. The molecule has 2 heterocycles. The normalized spacial score (nSPS) is 17.2. The van der Waals surface area contributed by atoms with Crippen molar-refractivity contribution in [2.45, 2.75) is 19.4 Å². The summed E-state index contributed by atoms with van der Waals surface area (Å²) in [6.07, 6.45) is 2.17. The average molecular weight is 395 g/mol. The highest BCUT2D eigenvalue weighted by atomic mass is 16.5. The number of hydrogen-bond donors (Lipinski definition) is 1. The summed E-state index contributed by atoms with van der Waals surface area (Å²) in [6, 6.07) is 9.87. The van der Waals surface area contributed by atoms with Crippen LogP contribution in [0.15, 0.2) is 36.7 Å². The van der Waals surface area contributed by atoms with Crippen molar-refractivity contribution >= 4 is 16.9 Å². The van der Waals surface area contributed by atoms with Crippen LogP contribution in [0.4, 0.5) is 0 Å². The summed E-state index contributed by atoms with van der Waals surface area (Å²) in [5.74, 6) is 2.32. The van der Waals surface area contributed by atoms with Crippen LogP contribution in [0.5, 0.6) is 17.2 Å². The first-order valence-corrected chi connectivity index (χ1v) is 9.61. The first-order chi connectivity index (χ1) is 14.0. The maximum atomic E-state index is 11.6. The number of aromatic nitrogens is 2. The van der Waals surface area contributed by atoms with Gasteiger partial charge in [0.1, 0.15) is 17.4 Å². The fourth-order valence-corrected chi connectivity index (χ4v) is 3.78. The molecule has 0 radical (unpaired) electrons. The number of imidazole rings is 1. The number of fused-ring (bicyclic) bond motifs is 1. The number of hydrogen-bond acceptors (Lipinski definition) is 5. The van der Waals surface area contributed by atoms with Crippen LogP contribution in [0.3, 0.4) is 0 Å². The molecule has 2 aromatic carbocycles. The van der Waals surface area contributed by atoms with Crippen LogP contribution in [0.2, 0.25) is 0 Å². The lowest BCUT2D eigenvalue weighted by molar-refractivity contribution is -0.119. The van der Waals surface area contributed by atoms with Crippen LogP contribution >= 0.6 is 0 Å². The van der Waals surface area contributed by atoms with E-state index in [0.717, 1.165) is 27.9 Å². The van der Waals surface area contributed by atoms with Gasteiger partial charge in [0.25, 0.3) is 0 Å². The van der Waals surface area contributed by atoms with Gasteiger partial charge in [0.15, 0.2) is 11.5 Å². The topological polar surface area (TPSA) is 74.6 Å². The molecule has 7 heteroatoms. The molecule has 0 saturated carbocycles. The molecular weight excluding hydrogens is 370 g/mol. The van der Waals surface area contributed by atoms with E-state index in [9.17, 15) is 4.79 Å². The molecule has 1 saturated heterocycles. The predicted octanol–water partition coefficient (Wildman–Crippen LogP) is 3.16. The van der Waals surface area contributed by atoms with Gasteiger partial charge in [-0.1, -0.05) is 6.07 Å². The molecule has 1 N–H and O–H groups in total. The smallest absolute Gasteiger partial charge is 0.220 e. The number of nitrogens with zero attached hydrogens (tertiary/aromatic N) is 2. The number of benzene rings is 2. The molecule has 2 atom stereocenters. The Morgan fingerprint density at radius 3 is 2.55 bits per heavy atom. The molecule has 1 unspecified atom stereocenters. The molecule has 4 rings (SSSR count). The molecule has 1 aromatic heterocycles. The van der Waals surface area contributed by atoms with E-state index in [1.807, 2.05) is 48.9 Å². The van der Waals surface area contributed by atoms with Gasteiger partial charge in [0.05, 0.1) is 26.1 Å². The van der Waals surface area contributed by atoms with E-state index in [0.29, 0.717) is 24.5 Å². The Hall–Kier alpha value is -3.22. The zero-order valence-electron chi connectivity index (χ0n) is 17.1. The quantitative estimate of drug-likeness (QED) is 0.694. The lowest BCUT2D eigenvalue weighted by atomic mass is 10.0. The number of rotatable bonds is 6. The Bertz CT molecular complexity index is 1060. The Morgan fingerprint density at radius 1 is 1.10 bits per heavy atom. The van der Waals surface area contributed by atoms with Crippen molar-refractivity contribution in [1.82, 2.24) is 14.9 Å². The molecular formula is C22H25N3O4. The third-order valence-electron chi connectivity index (χ3n) is 5.48. The molecule has 152 valence electrons. The highest BCUT2D eigenvalue weighted by Gasteiger charge is 2.28.